The number of thiazole rings is 1. The number of hydrogen-bond donors (Lipinski definition) is 1. The van der Waals surface area contributed by atoms with Crippen molar-refractivity contribution in [1.82, 2.24) is 14.8 Å². The average Bonchev–Trinajstić information content (AvgIpc) is 3.30. The summed E-state index contributed by atoms with van der Waals surface area (Å²) in [6.07, 6.45) is 14.2. The van der Waals surface area contributed by atoms with Crippen LogP contribution in [0.15, 0.2) is 42.9 Å². The first kappa shape index (κ1) is 18.9. The van der Waals surface area contributed by atoms with Crippen molar-refractivity contribution in [2.24, 2.45) is 5.92 Å². The number of anilines is 1. The van der Waals surface area contributed by atoms with E-state index in [2.05, 4.69) is 65.2 Å². The molecule has 5 heteroatoms. The van der Waals surface area contributed by atoms with Crippen molar-refractivity contribution in [3.05, 3.63) is 53.4 Å². The molecule has 0 radical (unpaired) electrons. The lowest BCUT2D eigenvalue weighted by Crippen LogP contribution is -2.20. The zero-order valence-electron chi connectivity index (χ0n) is 17.2. The van der Waals surface area contributed by atoms with Crippen molar-refractivity contribution in [1.29, 1.82) is 0 Å². The molecule has 3 aromatic rings. The third kappa shape index (κ3) is 4.40. The quantitative estimate of drug-likeness (QED) is 0.501. The van der Waals surface area contributed by atoms with Gasteiger partial charge in [0.25, 0.3) is 0 Å². The van der Waals surface area contributed by atoms with Crippen LogP contribution in [0.2, 0.25) is 0 Å². The summed E-state index contributed by atoms with van der Waals surface area (Å²) < 4.78 is 2.05. The van der Waals surface area contributed by atoms with Crippen LogP contribution in [0.5, 0.6) is 0 Å². The Morgan fingerprint density at radius 2 is 1.90 bits per heavy atom. The largest absolute Gasteiger partial charge is 0.385 e. The number of benzene rings is 1. The van der Waals surface area contributed by atoms with Crippen molar-refractivity contribution >= 4 is 17.0 Å². The van der Waals surface area contributed by atoms with Gasteiger partial charge in [-0.1, -0.05) is 12.1 Å². The van der Waals surface area contributed by atoms with E-state index >= 15 is 0 Å². The predicted molar refractivity (Wildman–Crippen MR) is 121 cm³/mol. The van der Waals surface area contributed by atoms with E-state index in [0.29, 0.717) is 5.92 Å². The molecule has 2 aliphatic carbocycles. The summed E-state index contributed by atoms with van der Waals surface area (Å²) in [6, 6.07) is 8.85. The molecule has 2 saturated carbocycles. The van der Waals surface area contributed by atoms with Crippen LogP contribution in [0.3, 0.4) is 0 Å². The molecule has 2 heterocycles. The molecule has 0 spiro atoms. The first-order chi connectivity index (χ1) is 14.3. The van der Waals surface area contributed by atoms with Crippen LogP contribution in [0.1, 0.15) is 67.9 Å². The zero-order chi connectivity index (χ0) is 19.6. The molecule has 2 aromatic heterocycles. The number of rotatable bonds is 7. The summed E-state index contributed by atoms with van der Waals surface area (Å²) in [5.74, 6) is 2.20. The maximum atomic E-state index is 4.63. The monoisotopic (exact) mass is 406 g/mol. The molecular weight excluding hydrogens is 376 g/mol. The smallest absolute Gasteiger partial charge is 0.0962 e. The minimum atomic E-state index is 0.696. The third-order valence-corrected chi connectivity index (χ3v) is 7.70. The van der Waals surface area contributed by atoms with Gasteiger partial charge in [0.15, 0.2) is 0 Å². The van der Waals surface area contributed by atoms with Gasteiger partial charge in [-0.15, -0.1) is 11.3 Å². The van der Waals surface area contributed by atoms with Crippen LogP contribution in [0.4, 0.5) is 5.69 Å². The lowest BCUT2D eigenvalue weighted by Gasteiger charge is -2.28. The van der Waals surface area contributed by atoms with Crippen LogP contribution in [0.25, 0.3) is 10.4 Å². The van der Waals surface area contributed by atoms with Crippen molar-refractivity contribution in [2.45, 2.75) is 63.8 Å². The minimum Gasteiger partial charge on any atom is -0.385 e. The molecule has 2 fully saturated rings. The van der Waals surface area contributed by atoms with E-state index in [1.165, 1.54) is 65.2 Å². The molecule has 1 aromatic carbocycles. The lowest BCUT2D eigenvalue weighted by atomic mass is 9.79. The molecule has 5 rings (SSSR count). The Morgan fingerprint density at radius 1 is 1.07 bits per heavy atom. The number of aromatic nitrogens is 3. The van der Waals surface area contributed by atoms with Crippen molar-refractivity contribution in [3.63, 3.8) is 0 Å². The van der Waals surface area contributed by atoms with E-state index < -0.39 is 0 Å². The molecule has 0 unspecified atom stereocenters. The summed E-state index contributed by atoms with van der Waals surface area (Å²) in [6.45, 7) is 4.18. The van der Waals surface area contributed by atoms with Crippen LogP contribution in [-0.2, 0) is 6.54 Å². The number of nitrogens with zero attached hydrogens (tertiary/aromatic N) is 3. The maximum absolute atomic E-state index is 4.63. The topological polar surface area (TPSA) is 42.7 Å². The van der Waals surface area contributed by atoms with E-state index in [-0.39, 0.29) is 0 Å². The Morgan fingerprint density at radius 3 is 2.66 bits per heavy atom. The van der Waals surface area contributed by atoms with Crippen LogP contribution in [0, 0.1) is 5.92 Å². The highest BCUT2D eigenvalue weighted by Crippen LogP contribution is 2.43. The zero-order valence-corrected chi connectivity index (χ0v) is 18.0. The summed E-state index contributed by atoms with van der Waals surface area (Å²) in [5.41, 5.74) is 3.95. The van der Waals surface area contributed by atoms with E-state index in [0.717, 1.165) is 24.9 Å². The Balaban J connectivity index is 1.15. The molecule has 2 aliphatic rings. The van der Waals surface area contributed by atoms with Gasteiger partial charge in [-0.05, 0) is 80.5 Å². The molecule has 1 N–H and O–H groups in total. The van der Waals surface area contributed by atoms with E-state index in [1.54, 1.807) is 0 Å². The Labute approximate surface area is 177 Å². The van der Waals surface area contributed by atoms with Crippen molar-refractivity contribution in [2.75, 3.05) is 11.9 Å². The highest BCUT2D eigenvalue weighted by atomic mass is 32.1. The first-order valence-corrected chi connectivity index (χ1v) is 11.9. The van der Waals surface area contributed by atoms with Gasteiger partial charge < -0.3 is 5.32 Å². The average molecular weight is 407 g/mol. The second-order valence-corrected chi connectivity index (χ2v) is 9.71. The number of hydrogen-bond acceptors (Lipinski definition) is 4. The van der Waals surface area contributed by atoms with Gasteiger partial charge in [-0.2, -0.15) is 5.10 Å². The van der Waals surface area contributed by atoms with Crippen LogP contribution < -0.4 is 5.32 Å². The Kier molecular flexibility index (Phi) is 5.40. The molecule has 29 heavy (non-hydrogen) atoms. The van der Waals surface area contributed by atoms with Crippen molar-refractivity contribution < 1.29 is 0 Å². The fourth-order valence-corrected chi connectivity index (χ4v) is 5.53. The second-order valence-electron chi connectivity index (χ2n) is 8.65. The van der Waals surface area contributed by atoms with Gasteiger partial charge >= 0.3 is 0 Å². The van der Waals surface area contributed by atoms with E-state index in [4.69, 9.17) is 0 Å². The molecule has 152 valence electrons. The molecular formula is C24H30N4S. The Hall–Kier alpha value is -2.14. The minimum absolute atomic E-state index is 0.696. The summed E-state index contributed by atoms with van der Waals surface area (Å²) >= 11 is 1.87. The van der Waals surface area contributed by atoms with Gasteiger partial charge in [-0.25, -0.2) is 4.98 Å². The third-order valence-electron chi connectivity index (χ3n) is 6.49. The van der Waals surface area contributed by atoms with Gasteiger partial charge in [0.05, 0.1) is 16.1 Å². The predicted octanol–water partition coefficient (Wildman–Crippen LogP) is 6.29. The van der Waals surface area contributed by atoms with Gasteiger partial charge in [0, 0.05) is 37.1 Å². The SMILES string of the molecule is CCn1cc([C@H]2CC[C@H](CNc3cccc(-c4cnc(C5CC5)s4)c3)CC2)cn1. The highest BCUT2D eigenvalue weighted by molar-refractivity contribution is 7.15. The van der Waals surface area contributed by atoms with Gasteiger partial charge in [-0.3, -0.25) is 4.68 Å². The van der Waals surface area contributed by atoms with Gasteiger partial charge in [0.2, 0.25) is 0 Å². The van der Waals surface area contributed by atoms with Crippen LogP contribution in [-0.4, -0.2) is 21.3 Å². The maximum Gasteiger partial charge on any atom is 0.0962 e. The van der Waals surface area contributed by atoms with Gasteiger partial charge in [0.1, 0.15) is 0 Å². The second kappa shape index (κ2) is 8.31. The Bertz CT molecular complexity index is 947. The summed E-state index contributed by atoms with van der Waals surface area (Å²) in [5, 5.41) is 9.47. The number of nitrogens with one attached hydrogen (secondary N) is 1. The fraction of sp³-hybridized carbons (Fsp3) is 0.500. The normalized spacial score (nSPS) is 22.0. The van der Waals surface area contributed by atoms with Crippen molar-refractivity contribution in [3.8, 4) is 10.4 Å². The number of aryl methyl sites for hydroxylation is 1. The fourth-order valence-electron chi connectivity index (χ4n) is 4.45. The highest BCUT2D eigenvalue weighted by Gasteiger charge is 2.27. The lowest BCUT2D eigenvalue weighted by molar-refractivity contribution is 0.338. The molecule has 0 bridgehead atoms. The standard InChI is InChI=1S/C24H30N4S/c1-2-28-16-21(14-27-28)18-8-6-17(7-9-18)13-25-22-5-3-4-20(12-22)23-15-26-24(29-23)19-10-11-19/h3-5,12,14-19,25H,2,6-11,13H2,1H3/t17-,18-. The molecule has 0 amide bonds. The molecule has 4 nitrogen and oxygen atoms in total. The van der Waals surface area contributed by atoms with E-state index in [9.17, 15) is 0 Å². The van der Waals surface area contributed by atoms with E-state index in [1.807, 2.05) is 16.0 Å². The molecule has 0 atom stereocenters. The molecule has 0 aliphatic heterocycles. The molecule has 0 saturated heterocycles. The summed E-state index contributed by atoms with van der Waals surface area (Å²) in [7, 11) is 0. The van der Waals surface area contributed by atoms with Crippen LogP contribution >= 0.6 is 11.3 Å². The summed E-state index contributed by atoms with van der Waals surface area (Å²) in [4.78, 5) is 5.93. The first-order valence-electron chi connectivity index (χ1n) is 11.1.